The Morgan fingerprint density at radius 1 is 1.08 bits per heavy atom. The lowest BCUT2D eigenvalue weighted by Gasteiger charge is -2.26. The molecule has 0 unspecified atom stereocenters. The van der Waals surface area contributed by atoms with E-state index in [-0.39, 0.29) is 11.6 Å². The molecule has 180 valence electrons. The number of imidazole rings is 1. The van der Waals surface area contributed by atoms with Gasteiger partial charge in [0, 0.05) is 43.9 Å². The highest BCUT2D eigenvalue weighted by atomic mass is 19.1. The minimum atomic E-state index is -0.567. The minimum Gasteiger partial charge on any atom is -0.433 e. The SMILES string of the molecule is CCc1cnc(N2CC=C(c3cnc4c(Oc5ccc(-n6cnnn6)cc5F)nccn34)CC2)nc1. The van der Waals surface area contributed by atoms with Crippen LogP contribution in [0.5, 0.6) is 11.6 Å². The number of ether oxygens (including phenoxy) is 1. The van der Waals surface area contributed by atoms with Gasteiger partial charge in [0.1, 0.15) is 6.33 Å². The van der Waals surface area contributed by atoms with Crippen LogP contribution in [0.3, 0.4) is 0 Å². The van der Waals surface area contributed by atoms with Gasteiger partial charge in [-0.2, -0.15) is 0 Å². The molecule has 0 radical (unpaired) electrons. The number of hydrogen-bond donors (Lipinski definition) is 0. The number of aromatic nitrogens is 9. The van der Waals surface area contributed by atoms with E-state index in [1.165, 1.54) is 23.1 Å². The molecule has 0 aliphatic carbocycles. The number of fused-ring (bicyclic) bond motifs is 1. The number of tetrazole rings is 1. The van der Waals surface area contributed by atoms with Crippen molar-refractivity contribution in [3.8, 4) is 17.3 Å². The molecule has 0 saturated heterocycles. The Hall–Kier alpha value is -4.74. The van der Waals surface area contributed by atoms with Gasteiger partial charge in [-0.05, 0) is 46.5 Å². The maximum Gasteiger partial charge on any atom is 0.263 e. The van der Waals surface area contributed by atoms with E-state index in [1.807, 2.05) is 23.0 Å². The van der Waals surface area contributed by atoms with E-state index in [4.69, 9.17) is 4.74 Å². The summed E-state index contributed by atoms with van der Waals surface area (Å²) < 4.78 is 23.8. The van der Waals surface area contributed by atoms with Gasteiger partial charge < -0.3 is 9.64 Å². The summed E-state index contributed by atoms with van der Waals surface area (Å²) in [5.74, 6) is 0.398. The second kappa shape index (κ2) is 9.13. The minimum absolute atomic E-state index is 0.0265. The van der Waals surface area contributed by atoms with Crippen LogP contribution in [0.15, 0.2) is 61.6 Å². The van der Waals surface area contributed by atoms with Crippen molar-refractivity contribution in [2.45, 2.75) is 19.8 Å². The van der Waals surface area contributed by atoms with Crippen molar-refractivity contribution in [2.75, 3.05) is 18.0 Å². The Morgan fingerprint density at radius 2 is 1.97 bits per heavy atom. The first-order valence-electron chi connectivity index (χ1n) is 11.5. The summed E-state index contributed by atoms with van der Waals surface area (Å²) in [6, 6.07) is 4.46. The van der Waals surface area contributed by atoms with Gasteiger partial charge in [0.25, 0.3) is 5.88 Å². The molecule has 0 bridgehead atoms. The fourth-order valence-electron chi connectivity index (χ4n) is 4.08. The zero-order chi connectivity index (χ0) is 24.5. The van der Waals surface area contributed by atoms with E-state index < -0.39 is 5.82 Å². The molecule has 12 heteroatoms. The summed E-state index contributed by atoms with van der Waals surface area (Å²) in [4.78, 5) is 19.9. The zero-order valence-electron chi connectivity index (χ0n) is 19.4. The summed E-state index contributed by atoms with van der Waals surface area (Å²) in [5.41, 5.74) is 4.18. The van der Waals surface area contributed by atoms with Crippen LogP contribution >= 0.6 is 0 Å². The molecule has 4 aromatic heterocycles. The lowest BCUT2D eigenvalue weighted by molar-refractivity contribution is 0.429. The number of anilines is 1. The monoisotopic (exact) mass is 484 g/mol. The molecule has 0 atom stereocenters. The third-order valence-corrected chi connectivity index (χ3v) is 6.05. The number of nitrogens with zero attached hydrogens (tertiary/aromatic N) is 10. The molecule has 0 fully saturated rings. The number of benzene rings is 1. The van der Waals surface area contributed by atoms with Gasteiger partial charge in [0.2, 0.25) is 11.6 Å². The molecule has 1 aliphatic heterocycles. The molecule has 0 amide bonds. The average Bonchev–Trinajstić information content (AvgIpc) is 3.61. The van der Waals surface area contributed by atoms with Crippen LogP contribution < -0.4 is 9.64 Å². The fourth-order valence-corrected chi connectivity index (χ4v) is 4.08. The third kappa shape index (κ3) is 4.02. The van der Waals surface area contributed by atoms with Crippen LogP contribution in [-0.2, 0) is 6.42 Å². The van der Waals surface area contributed by atoms with Crippen LogP contribution in [0, 0.1) is 5.82 Å². The van der Waals surface area contributed by atoms with Crippen LogP contribution in [-0.4, -0.2) is 57.6 Å². The van der Waals surface area contributed by atoms with Gasteiger partial charge in [-0.15, -0.1) is 5.10 Å². The Morgan fingerprint density at radius 3 is 2.69 bits per heavy atom. The number of rotatable bonds is 6. The largest absolute Gasteiger partial charge is 0.433 e. The second-order valence-electron chi connectivity index (χ2n) is 8.21. The van der Waals surface area contributed by atoms with E-state index in [0.717, 1.165) is 42.2 Å². The molecule has 0 spiro atoms. The number of aryl methyl sites for hydroxylation is 1. The molecular weight excluding hydrogens is 463 g/mol. The molecule has 1 aromatic carbocycles. The van der Waals surface area contributed by atoms with Crippen molar-refractivity contribution in [3.63, 3.8) is 0 Å². The first-order valence-corrected chi connectivity index (χ1v) is 11.5. The topological polar surface area (TPSA) is 112 Å². The molecular formula is C24H21FN10O. The molecule has 1 aliphatic rings. The normalized spacial score (nSPS) is 13.7. The summed E-state index contributed by atoms with van der Waals surface area (Å²) in [6.07, 6.45) is 14.2. The molecule has 36 heavy (non-hydrogen) atoms. The van der Waals surface area contributed by atoms with Crippen molar-refractivity contribution in [2.24, 2.45) is 0 Å². The lowest BCUT2D eigenvalue weighted by Crippen LogP contribution is -2.30. The van der Waals surface area contributed by atoms with Gasteiger partial charge in [0.05, 0.1) is 17.6 Å². The van der Waals surface area contributed by atoms with Crippen LogP contribution in [0.4, 0.5) is 10.3 Å². The highest BCUT2D eigenvalue weighted by Gasteiger charge is 2.20. The van der Waals surface area contributed by atoms with E-state index in [1.54, 1.807) is 18.5 Å². The highest BCUT2D eigenvalue weighted by molar-refractivity contribution is 5.69. The number of hydrogen-bond acceptors (Lipinski definition) is 9. The summed E-state index contributed by atoms with van der Waals surface area (Å²) >= 11 is 0. The third-order valence-electron chi connectivity index (χ3n) is 6.05. The van der Waals surface area contributed by atoms with Gasteiger partial charge in [-0.25, -0.2) is 29.0 Å². The van der Waals surface area contributed by atoms with E-state index >= 15 is 0 Å². The Labute approximate surface area is 204 Å². The maximum absolute atomic E-state index is 14.8. The van der Waals surface area contributed by atoms with Gasteiger partial charge in [0.15, 0.2) is 11.6 Å². The van der Waals surface area contributed by atoms with Crippen molar-refractivity contribution in [3.05, 3.63) is 78.7 Å². The summed E-state index contributed by atoms with van der Waals surface area (Å²) in [5, 5.41) is 10.9. The Balaban J connectivity index is 1.23. The quantitative estimate of drug-likeness (QED) is 0.358. The van der Waals surface area contributed by atoms with Crippen molar-refractivity contribution >= 4 is 17.2 Å². The van der Waals surface area contributed by atoms with Crippen molar-refractivity contribution < 1.29 is 9.13 Å². The van der Waals surface area contributed by atoms with Gasteiger partial charge >= 0.3 is 0 Å². The molecule has 0 N–H and O–H groups in total. The second-order valence-corrected chi connectivity index (χ2v) is 8.21. The molecule has 0 saturated carbocycles. The van der Waals surface area contributed by atoms with Crippen LogP contribution in [0.1, 0.15) is 24.6 Å². The van der Waals surface area contributed by atoms with Crippen molar-refractivity contribution in [1.82, 2.24) is 44.5 Å². The molecule has 5 heterocycles. The maximum atomic E-state index is 14.8. The standard InChI is InChI=1S/C24H21FN10O/c1-2-16-12-28-24(29-13-16)33-8-5-17(6-9-33)20-14-27-22-23(26-7-10-34(20)22)36-21-4-3-18(11-19(21)25)35-15-30-31-32-35/h3-5,7,10-15H,2,6,8-9H2,1H3. The van der Waals surface area contributed by atoms with Gasteiger partial charge in [-0.1, -0.05) is 13.0 Å². The lowest BCUT2D eigenvalue weighted by atomic mass is 10.1. The Bertz CT molecular complexity index is 1550. The predicted octanol–water partition coefficient (Wildman–Crippen LogP) is 3.28. The van der Waals surface area contributed by atoms with E-state index in [0.29, 0.717) is 17.9 Å². The first-order chi connectivity index (χ1) is 17.7. The average molecular weight is 484 g/mol. The predicted molar refractivity (Wildman–Crippen MR) is 128 cm³/mol. The van der Waals surface area contributed by atoms with E-state index in [9.17, 15) is 4.39 Å². The van der Waals surface area contributed by atoms with E-state index in [2.05, 4.69) is 53.4 Å². The summed E-state index contributed by atoms with van der Waals surface area (Å²) in [7, 11) is 0. The highest BCUT2D eigenvalue weighted by Crippen LogP contribution is 2.30. The van der Waals surface area contributed by atoms with Crippen LogP contribution in [0.2, 0.25) is 0 Å². The Kier molecular flexibility index (Phi) is 5.52. The number of halogens is 1. The zero-order valence-corrected chi connectivity index (χ0v) is 19.4. The molecule has 6 rings (SSSR count). The summed E-state index contributed by atoms with van der Waals surface area (Å²) in [6.45, 7) is 3.57. The first kappa shape index (κ1) is 21.8. The smallest absolute Gasteiger partial charge is 0.263 e. The fraction of sp³-hybridized carbons (Fsp3) is 0.208. The van der Waals surface area contributed by atoms with Crippen LogP contribution in [0.25, 0.3) is 16.9 Å². The van der Waals surface area contributed by atoms with Gasteiger partial charge in [-0.3, -0.25) is 4.40 Å². The molecule has 5 aromatic rings. The molecule has 11 nitrogen and oxygen atoms in total. The van der Waals surface area contributed by atoms with Crippen molar-refractivity contribution in [1.29, 1.82) is 0 Å².